The van der Waals surface area contributed by atoms with E-state index in [2.05, 4.69) is 15.5 Å². The van der Waals surface area contributed by atoms with Crippen molar-refractivity contribution in [3.05, 3.63) is 78.7 Å². The lowest BCUT2D eigenvalue weighted by molar-refractivity contribution is 0.0988. The zero-order chi connectivity index (χ0) is 17.1. The van der Waals surface area contributed by atoms with Crippen LogP contribution in [0.15, 0.2) is 77.4 Å². The highest BCUT2D eigenvalue weighted by atomic mass is 32.1. The maximum Gasteiger partial charge on any atom is 0.296 e. The Morgan fingerprint density at radius 1 is 0.920 bits per heavy atom. The summed E-state index contributed by atoms with van der Waals surface area (Å²) in [5.74, 6) is -0.219. The van der Waals surface area contributed by atoms with Gasteiger partial charge >= 0.3 is 0 Å². The van der Waals surface area contributed by atoms with Crippen LogP contribution in [0.4, 0.5) is 5.13 Å². The van der Waals surface area contributed by atoms with Crippen molar-refractivity contribution in [1.82, 2.24) is 10.1 Å². The summed E-state index contributed by atoms with van der Waals surface area (Å²) in [6, 6.07) is 21.4. The van der Waals surface area contributed by atoms with Crippen LogP contribution in [0, 0.1) is 0 Å². The highest BCUT2D eigenvalue weighted by Crippen LogP contribution is 2.38. The summed E-state index contributed by atoms with van der Waals surface area (Å²) in [5.41, 5.74) is 2.89. The third kappa shape index (κ3) is 3.20. The molecule has 0 saturated carbocycles. The molecule has 0 atom stereocenters. The Kier molecular flexibility index (Phi) is 4.10. The van der Waals surface area contributed by atoms with Gasteiger partial charge in [0, 0.05) is 11.6 Å². The molecule has 1 amide bonds. The minimum Gasteiger partial charge on any atom is -0.351 e. The van der Waals surface area contributed by atoms with Crippen molar-refractivity contribution in [3.8, 4) is 21.7 Å². The van der Waals surface area contributed by atoms with Crippen LogP contribution in [0.1, 0.15) is 10.6 Å². The number of hydrogen-bond acceptors (Lipinski definition) is 5. The molecule has 1 N–H and O–H groups in total. The predicted molar refractivity (Wildman–Crippen MR) is 97.4 cm³/mol. The number of aromatic nitrogens is 2. The SMILES string of the molecule is O=C(Nc1nc(-c2ccccc2)c(-c2ccccc2)s1)c1ccno1. The first-order valence-corrected chi connectivity index (χ1v) is 8.46. The largest absolute Gasteiger partial charge is 0.351 e. The van der Waals surface area contributed by atoms with Crippen LogP contribution >= 0.6 is 11.3 Å². The van der Waals surface area contributed by atoms with Crippen LogP contribution in [-0.4, -0.2) is 16.0 Å². The monoisotopic (exact) mass is 347 g/mol. The van der Waals surface area contributed by atoms with Crippen molar-refractivity contribution in [2.75, 3.05) is 5.32 Å². The van der Waals surface area contributed by atoms with Gasteiger partial charge < -0.3 is 4.52 Å². The molecule has 122 valence electrons. The van der Waals surface area contributed by atoms with E-state index in [1.54, 1.807) is 0 Å². The second-order valence-electron chi connectivity index (χ2n) is 5.26. The number of benzene rings is 2. The first kappa shape index (κ1) is 15.3. The fraction of sp³-hybridized carbons (Fsp3) is 0. The number of anilines is 1. The van der Waals surface area contributed by atoms with E-state index in [1.807, 2.05) is 60.7 Å². The van der Waals surface area contributed by atoms with Gasteiger partial charge in [-0.1, -0.05) is 77.2 Å². The van der Waals surface area contributed by atoms with Crippen LogP contribution in [-0.2, 0) is 0 Å². The molecule has 2 aromatic carbocycles. The van der Waals surface area contributed by atoms with E-state index in [9.17, 15) is 4.79 Å². The van der Waals surface area contributed by atoms with Crippen LogP contribution in [0.5, 0.6) is 0 Å². The van der Waals surface area contributed by atoms with E-state index in [-0.39, 0.29) is 11.7 Å². The Hall–Kier alpha value is -3.25. The first-order valence-electron chi connectivity index (χ1n) is 7.65. The Labute approximate surface area is 148 Å². The number of nitrogens with zero attached hydrogens (tertiary/aromatic N) is 2. The summed E-state index contributed by atoms with van der Waals surface area (Å²) in [4.78, 5) is 17.8. The molecule has 6 heteroatoms. The molecule has 4 aromatic rings. The number of carbonyl (C=O) groups is 1. The fourth-order valence-electron chi connectivity index (χ4n) is 2.44. The van der Waals surface area contributed by atoms with Crippen LogP contribution in [0.3, 0.4) is 0 Å². The molecule has 0 unspecified atom stereocenters. The summed E-state index contributed by atoms with van der Waals surface area (Å²) < 4.78 is 4.89. The number of hydrogen-bond donors (Lipinski definition) is 1. The lowest BCUT2D eigenvalue weighted by atomic mass is 10.1. The van der Waals surface area contributed by atoms with Crippen molar-refractivity contribution in [3.63, 3.8) is 0 Å². The molecule has 2 aromatic heterocycles. The van der Waals surface area contributed by atoms with Crippen molar-refractivity contribution >= 4 is 22.4 Å². The van der Waals surface area contributed by atoms with E-state index >= 15 is 0 Å². The molecule has 0 aliphatic rings. The molecular weight excluding hydrogens is 334 g/mol. The Morgan fingerprint density at radius 3 is 2.24 bits per heavy atom. The van der Waals surface area contributed by atoms with Gasteiger partial charge in [0.15, 0.2) is 5.13 Å². The zero-order valence-electron chi connectivity index (χ0n) is 13.0. The number of nitrogens with one attached hydrogen (secondary N) is 1. The standard InChI is InChI=1S/C19H13N3O2S/c23-18(15-11-12-20-24-15)22-19-21-16(13-7-3-1-4-8-13)17(25-19)14-9-5-2-6-10-14/h1-12H,(H,21,22,23). The number of amides is 1. The highest BCUT2D eigenvalue weighted by molar-refractivity contribution is 7.19. The third-order valence-electron chi connectivity index (χ3n) is 3.59. The molecule has 0 radical (unpaired) electrons. The van der Waals surface area contributed by atoms with Crippen molar-refractivity contribution in [2.24, 2.45) is 0 Å². The van der Waals surface area contributed by atoms with Crippen molar-refractivity contribution in [2.45, 2.75) is 0 Å². The second-order valence-corrected chi connectivity index (χ2v) is 6.26. The van der Waals surface area contributed by atoms with E-state index in [0.29, 0.717) is 5.13 Å². The Bertz CT molecular complexity index is 923. The molecule has 0 aliphatic heterocycles. The Morgan fingerprint density at radius 2 is 1.60 bits per heavy atom. The average molecular weight is 347 g/mol. The lowest BCUT2D eigenvalue weighted by Gasteiger charge is -2.02. The minimum absolute atomic E-state index is 0.151. The topological polar surface area (TPSA) is 68.0 Å². The minimum atomic E-state index is -0.370. The molecule has 25 heavy (non-hydrogen) atoms. The number of carbonyl (C=O) groups excluding carboxylic acids is 1. The predicted octanol–water partition coefficient (Wildman–Crippen LogP) is 4.72. The van der Waals surface area contributed by atoms with Crippen LogP contribution in [0.25, 0.3) is 21.7 Å². The van der Waals surface area contributed by atoms with Gasteiger partial charge in [-0.15, -0.1) is 0 Å². The van der Waals surface area contributed by atoms with Gasteiger partial charge in [-0.2, -0.15) is 0 Å². The number of rotatable bonds is 4. The maximum atomic E-state index is 12.2. The molecule has 2 heterocycles. The van der Waals surface area contributed by atoms with E-state index in [1.165, 1.54) is 23.6 Å². The molecule has 0 fully saturated rings. The van der Waals surface area contributed by atoms with Gasteiger partial charge in [0.05, 0.1) is 16.8 Å². The van der Waals surface area contributed by atoms with Crippen molar-refractivity contribution < 1.29 is 9.32 Å². The molecule has 0 saturated heterocycles. The summed E-state index contributed by atoms with van der Waals surface area (Å²) in [5, 5.41) is 6.84. The Balaban J connectivity index is 1.75. The molecule has 0 bridgehead atoms. The quantitative estimate of drug-likeness (QED) is 0.580. The van der Waals surface area contributed by atoms with Crippen LogP contribution < -0.4 is 5.32 Å². The van der Waals surface area contributed by atoms with Crippen LogP contribution in [0.2, 0.25) is 0 Å². The first-order chi connectivity index (χ1) is 12.3. The van der Waals surface area contributed by atoms with E-state index in [0.717, 1.165) is 21.7 Å². The van der Waals surface area contributed by atoms with Gasteiger partial charge in [0.25, 0.3) is 5.91 Å². The normalized spacial score (nSPS) is 10.6. The maximum absolute atomic E-state index is 12.2. The summed E-state index contributed by atoms with van der Waals surface area (Å²) in [6.45, 7) is 0. The highest BCUT2D eigenvalue weighted by Gasteiger charge is 2.18. The van der Waals surface area contributed by atoms with Gasteiger partial charge in [-0.25, -0.2) is 4.98 Å². The third-order valence-corrected chi connectivity index (χ3v) is 4.61. The van der Waals surface area contributed by atoms with E-state index in [4.69, 9.17) is 4.52 Å². The smallest absolute Gasteiger partial charge is 0.296 e. The van der Waals surface area contributed by atoms with Gasteiger partial charge in [-0.05, 0) is 5.56 Å². The number of thiazole rings is 1. The average Bonchev–Trinajstić information content (AvgIpc) is 3.33. The van der Waals surface area contributed by atoms with E-state index < -0.39 is 0 Å². The summed E-state index contributed by atoms with van der Waals surface area (Å²) in [6.07, 6.45) is 1.43. The van der Waals surface area contributed by atoms with Gasteiger partial charge in [-0.3, -0.25) is 10.1 Å². The van der Waals surface area contributed by atoms with Crippen molar-refractivity contribution in [1.29, 1.82) is 0 Å². The summed E-state index contributed by atoms with van der Waals surface area (Å²) in [7, 11) is 0. The molecular formula is C19H13N3O2S. The lowest BCUT2D eigenvalue weighted by Crippen LogP contribution is -2.10. The molecule has 0 aliphatic carbocycles. The zero-order valence-corrected chi connectivity index (χ0v) is 13.9. The molecule has 5 nitrogen and oxygen atoms in total. The molecule has 4 rings (SSSR count). The van der Waals surface area contributed by atoms with Gasteiger partial charge in [0.2, 0.25) is 5.76 Å². The summed E-state index contributed by atoms with van der Waals surface area (Å²) >= 11 is 1.43. The van der Waals surface area contributed by atoms with Gasteiger partial charge in [0.1, 0.15) is 0 Å². The fourth-order valence-corrected chi connectivity index (χ4v) is 3.43. The second kappa shape index (κ2) is 6.70. The molecule has 0 spiro atoms.